The van der Waals surface area contributed by atoms with E-state index in [2.05, 4.69) is 15.9 Å². The number of hydrogen-bond donors (Lipinski definition) is 2. The first kappa shape index (κ1) is 25.7. The molecule has 2 unspecified atom stereocenters. The molecule has 6 rings (SSSR count). The van der Waals surface area contributed by atoms with Crippen molar-refractivity contribution in [3.8, 4) is 34.8 Å². The summed E-state index contributed by atoms with van der Waals surface area (Å²) in [5.74, 6) is 1.19. The number of hydrogen-bond acceptors (Lipinski definition) is 10. The first-order valence-corrected chi connectivity index (χ1v) is 13.3. The molecule has 1 fully saturated rings. The highest BCUT2D eigenvalue weighted by Gasteiger charge is 2.59. The Morgan fingerprint density at radius 1 is 1.21 bits per heavy atom. The van der Waals surface area contributed by atoms with Crippen LogP contribution >= 0.6 is 0 Å². The molecule has 2 aromatic rings. The van der Waals surface area contributed by atoms with Crippen LogP contribution in [0.15, 0.2) is 6.07 Å². The number of likely N-dealkylation sites (N-methyl/N-ethyl adjacent to an activating group) is 1. The minimum absolute atomic E-state index is 0.0121. The molecule has 0 amide bonds. The number of methoxy groups -OCH3 is 1. The van der Waals surface area contributed by atoms with Crippen LogP contribution in [0, 0.1) is 25.2 Å². The average Bonchev–Trinajstić information content (AvgIpc) is 3.38. The van der Waals surface area contributed by atoms with Crippen LogP contribution in [-0.2, 0) is 11.2 Å². The van der Waals surface area contributed by atoms with Crippen LogP contribution in [0.2, 0.25) is 0 Å². The maximum atomic E-state index is 12.3. The number of nitrogens with zero attached hydrogens (tertiary/aromatic N) is 3. The second-order valence-corrected chi connectivity index (χ2v) is 10.9. The number of fused-ring (bicyclic) bond motifs is 9. The summed E-state index contributed by atoms with van der Waals surface area (Å²) >= 11 is 0. The van der Waals surface area contributed by atoms with Gasteiger partial charge < -0.3 is 29.2 Å². The molecule has 1 saturated heterocycles. The van der Waals surface area contributed by atoms with Gasteiger partial charge in [0.05, 0.1) is 25.3 Å². The lowest BCUT2D eigenvalue weighted by Gasteiger charge is -2.61. The van der Waals surface area contributed by atoms with Crippen molar-refractivity contribution in [1.82, 2.24) is 9.80 Å². The zero-order valence-corrected chi connectivity index (χ0v) is 22.9. The van der Waals surface area contributed by atoms with Gasteiger partial charge in [-0.25, -0.2) is 0 Å². The van der Waals surface area contributed by atoms with E-state index in [0.29, 0.717) is 52.3 Å². The van der Waals surface area contributed by atoms with Crippen molar-refractivity contribution in [1.29, 1.82) is 5.26 Å². The van der Waals surface area contributed by atoms with Crippen LogP contribution in [0.4, 0.5) is 0 Å². The molecule has 206 valence electrons. The number of esters is 1. The highest BCUT2D eigenvalue weighted by Crippen LogP contribution is 2.61. The van der Waals surface area contributed by atoms with Gasteiger partial charge in [0.25, 0.3) is 0 Å². The third-order valence-corrected chi connectivity index (χ3v) is 8.96. The monoisotopic (exact) mass is 535 g/mol. The number of aryl methyl sites for hydroxylation is 1. The van der Waals surface area contributed by atoms with E-state index in [1.165, 1.54) is 14.0 Å². The van der Waals surface area contributed by atoms with Crippen LogP contribution < -0.4 is 18.9 Å². The van der Waals surface area contributed by atoms with Crippen molar-refractivity contribution in [2.75, 3.05) is 21.0 Å². The Labute approximate surface area is 227 Å². The summed E-state index contributed by atoms with van der Waals surface area (Å²) in [6.07, 6.45) is -0.00930. The van der Waals surface area contributed by atoms with Gasteiger partial charge >= 0.3 is 5.97 Å². The normalized spacial score (nSPS) is 28.7. The second-order valence-electron chi connectivity index (χ2n) is 10.9. The van der Waals surface area contributed by atoms with Crippen LogP contribution in [-0.4, -0.2) is 65.1 Å². The number of phenolic OH excluding ortho intramolecular Hbond substituents is 1. The van der Waals surface area contributed by atoms with Gasteiger partial charge in [0.1, 0.15) is 17.9 Å². The van der Waals surface area contributed by atoms with Crippen molar-refractivity contribution in [3.63, 3.8) is 0 Å². The van der Waals surface area contributed by atoms with E-state index in [-0.39, 0.29) is 30.4 Å². The van der Waals surface area contributed by atoms with E-state index in [9.17, 15) is 20.3 Å². The number of rotatable bonds is 3. The average molecular weight is 536 g/mol. The summed E-state index contributed by atoms with van der Waals surface area (Å²) in [5.41, 5.74) is 4.15. The van der Waals surface area contributed by atoms with Gasteiger partial charge in [-0.05, 0) is 44.9 Å². The van der Waals surface area contributed by atoms with E-state index < -0.39 is 30.2 Å². The fourth-order valence-corrected chi connectivity index (χ4v) is 7.53. The van der Waals surface area contributed by atoms with Crippen LogP contribution in [0.1, 0.15) is 71.8 Å². The maximum Gasteiger partial charge on any atom is 0.308 e. The molecule has 0 aromatic heterocycles. The number of ether oxygens (including phenoxy) is 4. The molecule has 2 bridgehead atoms. The van der Waals surface area contributed by atoms with E-state index in [1.807, 2.05) is 27.0 Å². The number of benzene rings is 2. The van der Waals surface area contributed by atoms with Crippen molar-refractivity contribution in [3.05, 3.63) is 39.4 Å². The molecule has 0 radical (unpaired) electrons. The Morgan fingerprint density at radius 3 is 2.56 bits per heavy atom. The summed E-state index contributed by atoms with van der Waals surface area (Å²) in [4.78, 5) is 16.4. The zero-order chi connectivity index (χ0) is 27.9. The summed E-state index contributed by atoms with van der Waals surface area (Å²) in [6, 6.07) is 2.38. The number of carbonyl (C=O) groups excluding carboxylic acids is 1. The second kappa shape index (κ2) is 9.01. The fourth-order valence-electron chi connectivity index (χ4n) is 7.53. The Kier molecular flexibility index (Phi) is 5.95. The highest BCUT2D eigenvalue weighted by atomic mass is 16.7. The molecule has 6 atom stereocenters. The van der Waals surface area contributed by atoms with E-state index >= 15 is 0 Å². The van der Waals surface area contributed by atoms with Gasteiger partial charge in [-0.2, -0.15) is 5.26 Å². The summed E-state index contributed by atoms with van der Waals surface area (Å²) in [5, 5.41) is 34.3. The fraction of sp³-hybridized carbons (Fsp3) is 0.517. The number of nitriles is 1. The number of carbonyl (C=O) groups is 1. The number of aromatic hydroxyl groups is 1. The summed E-state index contributed by atoms with van der Waals surface area (Å²) in [7, 11) is 3.46. The Balaban J connectivity index is 1.66. The third kappa shape index (κ3) is 3.33. The van der Waals surface area contributed by atoms with E-state index in [4.69, 9.17) is 18.9 Å². The minimum atomic E-state index is -1.17. The van der Waals surface area contributed by atoms with Crippen molar-refractivity contribution in [2.45, 2.75) is 76.8 Å². The highest BCUT2D eigenvalue weighted by molar-refractivity contribution is 5.74. The van der Waals surface area contributed by atoms with Crippen molar-refractivity contribution >= 4 is 5.97 Å². The molecule has 10 heteroatoms. The van der Waals surface area contributed by atoms with Crippen LogP contribution in [0.5, 0.6) is 28.7 Å². The zero-order valence-electron chi connectivity index (χ0n) is 22.9. The number of piperazine rings is 1. The van der Waals surface area contributed by atoms with Crippen LogP contribution in [0.3, 0.4) is 0 Å². The Bertz CT molecular complexity index is 1430. The lowest BCUT2D eigenvalue weighted by Crippen LogP contribution is -2.68. The Hall–Kier alpha value is -3.52. The largest absolute Gasteiger partial charge is 0.504 e. The van der Waals surface area contributed by atoms with Crippen molar-refractivity contribution in [2.24, 2.45) is 0 Å². The van der Waals surface area contributed by atoms with Gasteiger partial charge in [0, 0.05) is 41.3 Å². The lowest BCUT2D eigenvalue weighted by molar-refractivity contribution is -0.133. The molecule has 4 heterocycles. The van der Waals surface area contributed by atoms with E-state index in [0.717, 1.165) is 11.1 Å². The van der Waals surface area contributed by atoms with Crippen molar-refractivity contribution < 1.29 is 34.0 Å². The predicted molar refractivity (Wildman–Crippen MR) is 139 cm³/mol. The van der Waals surface area contributed by atoms with Gasteiger partial charge in [-0.3, -0.25) is 14.6 Å². The molecule has 2 N–H and O–H groups in total. The lowest BCUT2D eigenvalue weighted by atomic mass is 9.70. The van der Waals surface area contributed by atoms with Gasteiger partial charge in [0.15, 0.2) is 23.0 Å². The minimum Gasteiger partial charge on any atom is -0.504 e. The number of aliphatic hydroxyl groups excluding tert-OH is 1. The topological polar surface area (TPSA) is 125 Å². The molecule has 10 nitrogen and oxygen atoms in total. The number of phenols is 1. The molecule has 2 aromatic carbocycles. The van der Waals surface area contributed by atoms with Crippen LogP contribution in [0.25, 0.3) is 0 Å². The molecular formula is C29H33N3O7. The van der Waals surface area contributed by atoms with Gasteiger partial charge in [0.2, 0.25) is 6.79 Å². The van der Waals surface area contributed by atoms with Gasteiger partial charge in [-0.15, -0.1) is 0 Å². The molecule has 39 heavy (non-hydrogen) atoms. The molecule has 4 aliphatic heterocycles. The summed E-state index contributed by atoms with van der Waals surface area (Å²) in [6.45, 7) is 7.03. The SMILES string of the molecule is CC[C@H]1c2c3c(c(C)c(OC(C)=O)c2[C@@H](O)[C@@H]2C4c5c(cc(C)c(OC)c5O)CC([C@H](C#N)N12)N4C)OCO3. The summed E-state index contributed by atoms with van der Waals surface area (Å²) < 4.78 is 23.0. The Morgan fingerprint density at radius 2 is 1.92 bits per heavy atom. The maximum absolute atomic E-state index is 12.3. The standard InChI is InChI=1S/C29H33N3O7/c1-7-16-20-21(27(39-14(4)33)13(3)28-29(20)38-11-37-28)24(34)23-22-19-15(8-12(2)26(36-6)25(19)35)9-17(31(22)5)18(10-30)32(16)23/h8,16-18,22-24,34-35H,7,9,11H2,1-6H3/t16-,17?,18-,22?,23-,24+/m0/s1. The predicted octanol–water partition coefficient (Wildman–Crippen LogP) is 3.34. The first-order chi connectivity index (χ1) is 18.7. The number of aliphatic hydroxyl groups is 1. The smallest absolute Gasteiger partial charge is 0.308 e. The molecule has 0 saturated carbocycles. The van der Waals surface area contributed by atoms with E-state index in [1.54, 1.807) is 6.92 Å². The molecule has 4 aliphatic rings. The third-order valence-electron chi connectivity index (χ3n) is 8.96. The molecule has 0 aliphatic carbocycles. The molecule has 0 spiro atoms. The van der Waals surface area contributed by atoms with Gasteiger partial charge in [-0.1, -0.05) is 13.0 Å². The first-order valence-electron chi connectivity index (χ1n) is 13.3. The quantitative estimate of drug-likeness (QED) is 0.447. The molecular weight excluding hydrogens is 502 g/mol.